The lowest BCUT2D eigenvalue weighted by atomic mass is 9.78. The summed E-state index contributed by atoms with van der Waals surface area (Å²) in [4.78, 5) is 0. The van der Waals surface area contributed by atoms with Gasteiger partial charge in [0.05, 0.1) is 0 Å². The van der Waals surface area contributed by atoms with Crippen LogP contribution in [-0.2, 0) is 0 Å². The molecule has 1 aliphatic rings. The van der Waals surface area contributed by atoms with Crippen LogP contribution in [0.4, 0.5) is 0 Å². The van der Waals surface area contributed by atoms with E-state index in [1.54, 1.807) is 0 Å². The maximum Gasteiger partial charge on any atom is 0.0172 e. The lowest BCUT2D eigenvalue weighted by Gasteiger charge is -2.37. The third-order valence-corrected chi connectivity index (χ3v) is 3.48. The van der Waals surface area contributed by atoms with E-state index in [1.807, 2.05) is 0 Å². The highest BCUT2D eigenvalue weighted by molar-refractivity contribution is 5.01. The molecule has 1 nitrogen and oxygen atoms in total. The molecule has 13 heavy (non-hydrogen) atoms. The van der Waals surface area contributed by atoms with Crippen molar-refractivity contribution in [1.82, 2.24) is 5.32 Å². The van der Waals surface area contributed by atoms with Gasteiger partial charge in [-0.25, -0.2) is 0 Å². The van der Waals surface area contributed by atoms with E-state index in [1.165, 1.54) is 12.8 Å². The van der Waals surface area contributed by atoms with Crippen LogP contribution in [0.2, 0.25) is 0 Å². The Labute approximate surface area is 83.3 Å². The fourth-order valence-electron chi connectivity index (χ4n) is 2.78. The van der Waals surface area contributed by atoms with Gasteiger partial charge in [-0.05, 0) is 23.7 Å². The monoisotopic (exact) mass is 183 g/mol. The van der Waals surface area contributed by atoms with E-state index in [9.17, 15) is 0 Å². The van der Waals surface area contributed by atoms with Gasteiger partial charge >= 0.3 is 0 Å². The van der Waals surface area contributed by atoms with Crippen LogP contribution in [0.25, 0.3) is 0 Å². The fraction of sp³-hybridized carbons (Fsp3) is 1.00. The van der Waals surface area contributed by atoms with Crippen molar-refractivity contribution in [3.63, 3.8) is 0 Å². The number of hydrogen-bond donors (Lipinski definition) is 1. The van der Waals surface area contributed by atoms with Gasteiger partial charge in [0.15, 0.2) is 0 Å². The molecule has 0 aromatic heterocycles. The van der Waals surface area contributed by atoms with Crippen LogP contribution in [0.3, 0.4) is 0 Å². The highest BCUT2D eigenvalue weighted by atomic mass is 15.0. The summed E-state index contributed by atoms with van der Waals surface area (Å²) in [5.41, 5.74) is 0.932. The van der Waals surface area contributed by atoms with Crippen LogP contribution in [0.1, 0.15) is 54.4 Å². The van der Waals surface area contributed by atoms with Gasteiger partial charge in [-0.1, -0.05) is 41.5 Å². The van der Waals surface area contributed by atoms with Crippen LogP contribution in [0, 0.1) is 10.8 Å². The van der Waals surface area contributed by atoms with Gasteiger partial charge in [0.1, 0.15) is 0 Å². The molecular formula is C12H25N. The molecule has 78 valence electrons. The molecule has 1 heteroatoms. The first-order valence-electron chi connectivity index (χ1n) is 5.52. The zero-order valence-electron chi connectivity index (χ0n) is 10.1. The average Bonchev–Trinajstić information content (AvgIpc) is 2.12. The molecule has 0 aromatic rings. The van der Waals surface area contributed by atoms with E-state index in [0.717, 1.165) is 0 Å². The molecule has 1 saturated carbocycles. The Kier molecular flexibility index (Phi) is 2.78. The molecule has 0 amide bonds. The zero-order chi connectivity index (χ0) is 10.3. The molecule has 0 spiro atoms. The lowest BCUT2D eigenvalue weighted by molar-refractivity contribution is 0.182. The van der Waals surface area contributed by atoms with E-state index in [0.29, 0.717) is 22.9 Å². The Morgan fingerprint density at radius 3 is 1.69 bits per heavy atom. The second kappa shape index (κ2) is 3.27. The van der Waals surface area contributed by atoms with Gasteiger partial charge < -0.3 is 5.32 Å². The molecule has 0 aliphatic heterocycles. The Morgan fingerprint density at radius 1 is 1.00 bits per heavy atom. The van der Waals surface area contributed by atoms with Crippen molar-refractivity contribution in [2.75, 3.05) is 0 Å². The lowest BCUT2D eigenvalue weighted by Crippen LogP contribution is -2.48. The molecule has 1 rings (SSSR count). The summed E-state index contributed by atoms with van der Waals surface area (Å²) in [5.74, 6) is 0. The summed E-state index contributed by atoms with van der Waals surface area (Å²) >= 11 is 0. The van der Waals surface area contributed by atoms with E-state index < -0.39 is 0 Å². The Bertz CT molecular complexity index is 164. The Morgan fingerprint density at radius 2 is 1.38 bits per heavy atom. The standard InChI is InChI=1S/C12H25N/c1-9(2)13-10-11(3,4)7-8-12(10,5)6/h9-10,13H,7-8H2,1-6H3. The molecule has 0 aromatic carbocycles. The second-order valence-corrected chi connectivity index (χ2v) is 6.23. The van der Waals surface area contributed by atoms with Crippen molar-refractivity contribution in [2.24, 2.45) is 10.8 Å². The van der Waals surface area contributed by atoms with Crippen molar-refractivity contribution < 1.29 is 0 Å². The maximum atomic E-state index is 3.72. The van der Waals surface area contributed by atoms with Gasteiger partial charge in [-0.2, -0.15) is 0 Å². The summed E-state index contributed by atoms with van der Waals surface area (Å²) in [7, 11) is 0. The maximum absolute atomic E-state index is 3.72. The quantitative estimate of drug-likeness (QED) is 0.693. The van der Waals surface area contributed by atoms with E-state index in [2.05, 4.69) is 46.9 Å². The highest BCUT2D eigenvalue weighted by Crippen LogP contribution is 2.48. The molecule has 1 aliphatic carbocycles. The second-order valence-electron chi connectivity index (χ2n) is 6.23. The molecule has 1 N–H and O–H groups in total. The zero-order valence-corrected chi connectivity index (χ0v) is 10.1. The molecule has 0 saturated heterocycles. The SMILES string of the molecule is CC(C)NC1C(C)(C)CCC1(C)C. The molecule has 0 unspecified atom stereocenters. The first kappa shape index (κ1) is 11.0. The summed E-state index contributed by atoms with van der Waals surface area (Å²) < 4.78 is 0. The summed E-state index contributed by atoms with van der Waals surface area (Å²) in [5, 5.41) is 3.72. The smallest absolute Gasteiger partial charge is 0.0172 e. The van der Waals surface area contributed by atoms with Gasteiger partial charge in [0.2, 0.25) is 0 Å². The van der Waals surface area contributed by atoms with Crippen molar-refractivity contribution in [2.45, 2.75) is 66.5 Å². The molecular weight excluding hydrogens is 158 g/mol. The molecule has 0 radical (unpaired) electrons. The van der Waals surface area contributed by atoms with Gasteiger partial charge in [0.25, 0.3) is 0 Å². The first-order chi connectivity index (χ1) is 5.76. The molecule has 0 bridgehead atoms. The van der Waals surface area contributed by atoms with Crippen LogP contribution in [-0.4, -0.2) is 12.1 Å². The average molecular weight is 183 g/mol. The van der Waals surface area contributed by atoms with Gasteiger partial charge in [-0.3, -0.25) is 0 Å². The summed E-state index contributed by atoms with van der Waals surface area (Å²) in [6.07, 6.45) is 2.70. The summed E-state index contributed by atoms with van der Waals surface area (Å²) in [6.45, 7) is 14.0. The largest absolute Gasteiger partial charge is 0.311 e. The molecule has 0 atom stereocenters. The number of nitrogens with one attached hydrogen (secondary N) is 1. The van der Waals surface area contributed by atoms with E-state index >= 15 is 0 Å². The minimum Gasteiger partial charge on any atom is -0.311 e. The fourth-order valence-corrected chi connectivity index (χ4v) is 2.78. The van der Waals surface area contributed by atoms with Crippen LogP contribution in [0.5, 0.6) is 0 Å². The Hall–Kier alpha value is -0.0400. The predicted octanol–water partition coefficient (Wildman–Crippen LogP) is 3.20. The van der Waals surface area contributed by atoms with Crippen molar-refractivity contribution >= 4 is 0 Å². The molecule has 0 heterocycles. The molecule has 1 fully saturated rings. The number of hydrogen-bond acceptors (Lipinski definition) is 1. The van der Waals surface area contributed by atoms with Gasteiger partial charge in [-0.15, -0.1) is 0 Å². The normalized spacial score (nSPS) is 27.0. The van der Waals surface area contributed by atoms with Crippen LogP contribution in [0.15, 0.2) is 0 Å². The van der Waals surface area contributed by atoms with Crippen molar-refractivity contribution in [3.8, 4) is 0 Å². The highest BCUT2D eigenvalue weighted by Gasteiger charge is 2.46. The third-order valence-electron chi connectivity index (χ3n) is 3.48. The van der Waals surface area contributed by atoms with E-state index in [4.69, 9.17) is 0 Å². The van der Waals surface area contributed by atoms with Gasteiger partial charge in [0, 0.05) is 12.1 Å². The van der Waals surface area contributed by atoms with Crippen LogP contribution < -0.4 is 5.32 Å². The first-order valence-corrected chi connectivity index (χ1v) is 5.52. The van der Waals surface area contributed by atoms with E-state index in [-0.39, 0.29) is 0 Å². The Balaban J connectivity index is 2.75. The predicted molar refractivity (Wildman–Crippen MR) is 58.9 cm³/mol. The van der Waals surface area contributed by atoms with Crippen molar-refractivity contribution in [3.05, 3.63) is 0 Å². The van der Waals surface area contributed by atoms with Crippen molar-refractivity contribution in [1.29, 1.82) is 0 Å². The van der Waals surface area contributed by atoms with Crippen LogP contribution >= 0.6 is 0 Å². The minimum atomic E-state index is 0.466. The minimum absolute atomic E-state index is 0.466. The third kappa shape index (κ3) is 2.25. The summed E-state index contributed by atoms with van der Waals surface area (Å²) in [6, 6.07) is 1.27. The topological polar surface area (TPSA) is 12.0 Å². The number of rotatable bonds is 2.